The molecule has 0 radical (unpaired) electrons. The van der Waals surface area contributed by atoms with Gasteiger partial charge in [-0.15, -0.1) is 0 Å². The van der Waals surface area contributed by atoms with Crippen molar-refractivity contribution in [2.24, 2.45) is 46.7 Å². The molecule has 0 aliphatic heterocycles. The minimum absolute atomic E-state index is 0.112. The van der Waals surface area contributed by atoms with Crippen molar-refractivity contribution in [3.05, 3.63) is 0 Å². The molecule has 3 saturated carbocycles. The van der Waals surface area contributed by atoms with Crippen molar-refractivity contribution in [2.75, 3.05) is 7.11 Å². The van der Waals surface area contributed by atoms with Crippen molar-refractivity contribution in [1.29, 1.82) is 0 Å². The number of esters is 1. The second-order valence-corrected chi connectivity index (χ2v) is 11.1. The van der Waals surface area contributed by atoms with Crippen molar-refractivity contribution in [1.82, 2.24) is 0 Å². The molecular formula is C25H45NO4. The minimum atomic E-state index is -0.532. The number of nitrogens with two attached hydrogens (primary N) is 1. The molecule has 0 aromatic heterocycles. The molecule has 5 heteroatoms. The first-order valence-corrected chi connectivity index (χ1v) is 12.4. The van der Waals surface area contributed by atoms with E-state index >= 15 is 0 Å². The number of aliphatic hydroxyl groups excluding tert-OH is 2. The van der Waals surface area contributed by atoms with Gasteiger partial charge in [-0.25, -0.2) is 0 Å². The van der Waals surface area contributed by atoms with E-state index < -0.39 is 6.10 Å². The van der Waals surface area contributed by atoms with Gasteiger partial charge in [0.1, 0.15) is 0 Å². The van der Waals surface area contributed by atoms with Gasteiger partial charge in [-0.1, -0.05) is 20.8 Å². The van der Waals surface area contributed by atoms with Gasteiger partial charge in [0.15, 0.2) is 0 Å². The van der Waals surface area contributed by atoms with Gasteiger partial charge >= 0.3 is 5.97 Å². The molecule has 3 aliphatic rings. The molecule has 0 saturated heterocycles. The lowest BCUT2D eigenvalue weighted by Crippen LogP contribution is -2.55. The van der Waals surface area contributed by atoms with Crippen molar-refractivity contribution in [2.45, 2.75) is 103 Å². The topological polar surface area (TPSA) is 92.8 Å². The third-order valence-corrected chi connectivity index (χ3v) is 9.55. The molecule has 0 spiro atoms. The van der Waals surface area contributed by atoms with Crippen LogP contribution in [0.2, 0.25) is 0 Å². The van der Waals surface area contributed by atoms with Gasteiger partial charge in [-0.3, -0.25) is 4.79 Å². The second-order valence-electron chi connectivity index (χ2n) is 11.1. The molecule has 3 fully saturated rings. The lowest BCUT2D eigenvalue weighted by atomic mass is 9.52. The van der Waals surface area contributed by atoms with E-state index in [0.29, 0.717) is 54.8 Å². The Labute approximate surface area is 183 Å². The molecule has 0 unspecified atom stereocenters. The molecule has 0 aromatic rings. The molecule has 0 bridgehead atoms. The zero-order chi connectivity index (χ0) is 22.1. The molecule has 3 aliphatic carbocycles. The Balaban J connectivity index is 1.80. The molecule has 174 valence electrons. The summed E-state index contributed by atoms with van der Waals surface area (Å²) in [7, 11) is 1.47. The van der Waals surface area contributed by atoms with Gasteiger partial charge in [0.05, 0.1) is 19.3 Å². The molecule has 0 aromatic carbocycles. The Kier molecular flexibility index (Phi) is 7.90. The largest absolute Gasteiger partial charge is 0.469 e. The first kappa shape index (κ1) is 24.0. The summed E-state index contributed by atoms with van der Waals surface area (Å²) in [4.78, 5) is 11.7. The maximum Gasteiger partial charge on any atom is 0.305 e. The lowest BCUT2D eigenvalue weighted by Gasteiger charge is -2.54. The van der Waals surface area contributed by atoms with E-state index in [-0.39, 0.29) is 23.5 Å². The van der Waals surface area contributed by atoms with Crippen LogP contribution in [0.5, 0.6) is 0 Å². The SMILES string of the molecule is COC(=O)CC[C@@H](C)[C@H]1CC[C@H]2[C@@H]3[C@H](N)[C@H](O)CC[C@H](O)CC[C@H](C)[C@H]3CC[C@]12C. The number of methoxy groups -OCH3 is 1. The van der Waals surface area contributed by atoms with Crippen LogP contribution >= 0.6 is 0 Å². The molecule has 3 rings (SSSR count). The summed E-state index contributed by atoms with van der Waals surface area (Å²) in [6.07, 6.45) is 8.42. The highest BCUT2D eigenvalue weighted by Crippen LogP contribution is 2.63. The molecular weight excluding hydrogens is 378 g/mol. The fourth-order valence-electron chi connectivity index (χ4n) is 7.69. The normalized spacial score (nSPS) is 45.8. The number of aliphatic hydroxyl groups is 2. The van der Waals surface area contributed by atoms with Crippen LogP contribution in [0.4, 0.5) is 0 Å². The summed E-state index contributed by atoms with van der Waals surface area (Å²) in [5.74, 6) is 2.93. The van der Waals surface area contributed by atoms with E-state index in [2.05, 4.69) is 20.8 Å². The number of rotatable bonds is 4. The summed E-state index contributed by atoms with van der Waals surface area (Å²) >= 11 is 0. The first-order chi connectivity index (χ1) is 14.2. The highest BCUT2D eigenvalue weighted by atomic mass is 16.5. The van der Waals surface area contributed by atoms with Crippen LogP contribution in [-0.2, 0) is 9.53 Å². The van der Waals surface area contributed by atoms with Gasteiger partial charge in [0.25, 0.3) is 0 Å². The van der Waals surface area contributed by atoms with Gasteiger partial charge in [0, 0.05) is 12.5 Å². The third kappa shape index (κ3) is 4.73. The van der Waals surface area contributed by atoms with E-state index in [0.717, 1.165) is 25.7 Å². The van der Waals surface area contributed by atoms with Crippen LogP contribution in [0.15, 0.2) is 0 Å². The number of hydrogen-bond donors (Lipinski definition) is 3. The second kappa shape index (κ2) is 9.87. The maximum atomic E-state index is 11.7. The van der Waals surface area contributed by atoms with E-state index in [4.69, 9.17) is 10.5 Å². The highest BCUT2D eigenvalue weighted by Gasteiger charge is 2.57. The zero-order valence-corrected chi connectivity index (χ0v) is 19.6. The average molecular weight is 424 g/mol. The number of fused-ring (bicyclic) bond motifs is 3. The van der Waals surface area contributed by atoms with Crippen LogP contribution in [0.25, 0.3) is 0 Å². The Hall–Kier alpha value is -0.650. The predicted molar refractivity (Wildman–Crippen MR) is 119 cm³/mol. The third-order valence-electron chi connectivity index (χ3n) is 9.55. The van der Waals surface area contributed by atoms with Gasteiger partial charge < -0.3 is 20.7 Å². The van der Waals surface area contributed by atoms with Gasteiger partial charge in [0.2, 0.25) is 0 Å². The minimum Gasteiger partial charge on any atom is -0.469 e. The summed E-state index contributed by atoms with van der Waals surface area (Å²) in [6.45, 7) is 7.10. The van der Waals surface area contributed by atoms with E-state index in [1.165, 1.54) is 26.4 Å². The predicted octanol–water partition coefficient (Wildman–Crippen LogP) is 3.89. The molecule has 0 heterocycles. The van der Waals surface area contributed by atoms with Crippen LogP contribution in [0.3, 0.4) is 0 Å². The molecule has 5 nitrogen and oxygen atoms in total. The summed E-state index contributed by atoms with van der Waals surface area (Å²) in [5.41, 5.74) is 7.02. The van der Waals surface area contributed by atoms with Crippen molar-refractivity contribution < 1.29 is 19.7 Å². The number of ether oxygens (including phenoxy) is 1. The van der Waals surface area contributed by atoms with Gasteiger partial charge in [-0.2, -0.15) is 0 Å². The zero-order valence-electron chi connectivity index (χ0n) is 19.6. The Morgan fingerprint density at radius 3 is 2.53 bits per heavy atom. The standard InChI is InChI=1S/C25H45NO4/c1-15-5-7-17(27)8-11-21(28)24(26)23-18(15)13-14-25(3)19(9-10-20(23)25)16(2)6-12-22(29)30-4/h15-21,23-24,27-28H,5-14,26H2,1-4H3/t15-,16+,17+,18+,19+,20-,21+,23+,24+,25+/m0/s1. The van der Waals surface area contributed by atoms with Gasteiger partial charge in [-0.05, 0) is 98.7 Å². The fraction of sp³-hybridized carbons (Fsp3) is 0.960. The number of hydrogen-bond acceptors (Lipinski definition) is 5. The smallest absolute Gasteiger partial charge is 0.305 e. The Morgan fingerprint density at radius 1 is 1.13 bits per heavy atom. The van der Waals surface area contributed by atoms with Crippen molar-refractivity contribution >= 4 is 5.97 Å². The van der Waals surface area contributed by atoms with E-state index in [1.54, 1.807) is 0 Å². The first-order valence-electron chi connectivity index (χ1n) is 12.4. The van der Waals surface area contributed by atoms with E-state index in [9.17, 15) is 15.0 Å². The molecule has 10 atom stereocenters. The molecule has 0 amide bonds. The Morgan fingerprint density at radius 2 is 1.83 bits per heavy atom. The maximum absolute atomic E-state index is 11.7. The molecule has 4 N–H and O–H groups in total. The van der Waals surface area contributed by atoms with Crippen LogP contribution in [0.1, 0.15) is 85.0 Å². The van der Waals surface area contributed by atoms with Crippen molar-refractivity contribution in [3.63, 3.8) is 0 Å². The van der Waals surface area contributed by atoms with E-state index in [1.807, 2.05) is 0 Å². The Bertz CT molecular complexity index is 583. The lowest BCUT2D eigenvalue weighted by molar-refractivity contribution is -0.141. The summed E-state index contributed by atoms with van der Waals surface area (Å²) in [6, 6.07) is -0.212. The highest BCUT2D eigenvalue weighted by molar-refractivity contribution is 5.69. The van der Waals surface area contributed by atoms with Crippen LogP contribution in [0, 0.1) is 40.9 Å². The van der Waals surface area contributed by atoms with Crippen LogP contribution < -0.4 is 5.73 Å². The number of carbonyl (C=O) groups is 1. The summed E-state index contributed by atoms with van der Waals surface area (Å²) < 4.78 is 4.86. The summed E-state index contributed by atoms with van der Waals surface area (Å²) in [5, 5.41) is 21.2. The molecule has 30 heavy (non-hydrogen) atoms. The monoisotopic (exact) mass is 423 g/mol. The number of carbonyl (C=O) groups excluding carboxylic acids is 1. The fourth-order valence-corrected chi connectivity index (χ4v) is 7.69. The van der Waals surface area contributed by atoms with Crippen molar-refractivity contribution in [3.8, 4) is 0 Å². The average Bonchev–Trinajstić information content (AvgIpc) is 3.08. The van der Waals surface area contributed by atoms with Crippen LogP contribution in [-0.4, -0.2) is 41.5 Å². The quantitative estimate of drug-likeness (QED) is 0.597.